The first-order valence-electron chi connectivity index (χ1n) is 6.59. The van der Waals surface area contributed by atoms with Crippen LogP contribution in [0.15, 0.2) is 11.0 Å². The van der Waals surface area contributed by atoms with E-state index in [1.807, 2.05) is 13.8 Å². The van der Waals surface area contributed by atoms with Gasteiger partial charge in [-0.2, -0.15) is 4.31 Å². The minimum Gasteiger partial charge on any atom is -0.391 e. The van der Waals surface area contributed by atoms with Crippen molar-refractivity contribution < 1.29 is 18.3 Å². The van der Waals surface area contributed by atoms with Gasteiger partial charge in [0, 0.05) is 29.5 Å². The molecule has 0 bridgehead atoms. The van der Waals surface area contributed by atoms with Gasteiger partial charge in [-0.05, 0) is 26.3 Å². The van der Waals surface area contributed by atoms with Crippen molar-refractivity contribution in [2.45, 2.75) is 44.7 Å². The second-order valence-electron chi connectivity index (χ2n) is 4.66. The number of methoxy groups -OCH3 is 1. The number of aliphatic hydroxyl groups excluding tert-OH is 1. The van der Waals surface area contributed by atoms with Gasteiger partial charge in [-0.15, -0.1) is 11.3 Å². The molecule has 0 saturated carbocycles. The van der Waals surface area contributed by atoms with E-state index < -0.39 is 10.0 Å². The SMILES string of the molecule is CCC(C)N(CCOC)S(=O)(=O)c1cc(CO)sc1C. The zero-order chi connectivity index (χ0) is 15.3. The molecule has 1 N–H and O–H groups in total. The monoisotopic (exact) mass is 321 g/mol. The third kappa shape index (κ3) is 3.79. The van der Waals surface area contributed by atoms with Gasteiger partial charge in [-0.25, -0.2) is 8.42 Å². The van der Waals surface area contributed by atoms with Crippen molar-refractivity contribution in [2.75, 3.05) is 20.3 Å². The van der Waals surface area contributed by atoms with Crippen LogP contribution in [0.1, 0.15) is 30.0 Å². The topological polar surface area (TPSA) is 66.8 Å². The van der Waals surface area contributed by atoms with Crippen molar-refractivity contribution in [3.63, 3.8) is 0 Å². The maximum Gasteiger partial charge on any atom is 0.244 e. The van der Waals surface area contributed by atoms with E-state index in [0.29, 0.717) is 27.8 Å². The number of aliphatic hydroxyl groups is 1. The summed E-state index contributed by atoms with van der Waals surface area (Å²) < 4.78 is 32.1. The van der Waals surface area contributed by atoms with Crippen LogP contribution in [-0.2, 0) is 21.4 Å². The molecular weight excluding hydrogens is 298 g/mol. The Morgan fingerprint density at radius 1 is 1.50 bits per heavy atom. The standard InChI is InChI=1S/C13H23NO4S2/c1-5-10(2)14(6-7-18-4)20(16,17)13-8-12(9-15)19-11(13)3/h8,10,15H,5-7,9H2,1-4H3. The summed E-state index contributed by atoms with van der Waals surface area (Å²) in [5.41, 5.74) is 0. The van der Waals surface area contributed by atoms with Gasteiger partial charge in [0.1, 0.15) is 0 Å². The molecule has 1 aromatic rings. The van der Waals surface area contributed by atoms with E-state index in [2.05, 4.69) is 0 Å². The number of thiophene rings is 1. The van der Waals surface area contributed by atoms with E-state index >= 15 is 0 Å². The first-order chi connectivity index (χ1) is 9.38. The fourth-order valence-corrected chi connectivity index (χ4v) is 5.10. The van der Waals surface area contributed by atoms with E-state index in [9.17, 15) is 8.42 Å². The lowest BCUT2D eigenvalue weighted by Crippen LogP contribution is -2.40. The number of hydrogen-bond acceptors (Lipinski definition) is 5. The molecule has 0 amide bonds. The van der Waals surface area contributed by atoms with Crippen LogP contribution < -0.4 is 0 Å². The Morgan fingerprint density at radius 3 is 2.60 bits per heavy atom. The zero-order valence-corrected chi connectivity index (χ0v) is 14.1. The van der Waals surface area contributed by atoms with Crippen LogP contribution in [-0.4, -0.2) is 44.1 Å². The van der Waals surface area contributed by atoms with Gasteiger partial charge in [0.2, 0.25) is 10.0 Å². The van der Waals surface area contributed by atoms with E-state index in [1.54, 1.807) is 20.1 Å². The molecular formula is C13H23NO4S2. The third-order valence-electron chi connectivity index (χ3n) is 3.26. The first kappa shape index (κ1) is 17.6. The van der Waals surface area contributed by atoms with Gasteiger partial charge in [-0.3, -0.25) is 0 Å². The van der Waals surface area contributed by atoms with Crippen LogP contribution in [0.3, 0.4) is 0 Å². The van der Waals surface area contributed by atoms with Gasteiger partial charge in [0.05, 0.1) is 18.1 Å². The van der Waals surface area contributed by atoms with Crippen LogP contribution in [0.4, 0.5) is 0 Å². The third-order valence-corrected chi connectivity index (χ3v) is 6.57. The Balaban J connectivity index is 3.17. The molecule has 0 spiro atoms. The van der Waals surface area contributed by atoms with Crippen LogP contribution in [0.2, 0.25) is 0 Å². The largest absolute Gasteiger partial charge is 0.391 e. The van der Waals surface area contributed by atoms with Crippen molar-refractivity contribution >= 4 is 21.4 Å². The Bertz CT molecular complexity index is 524. The number of nitrogens with zero attached hydrogens (tertiary/aromatic N) is 1. The predicted octanol–water partition coefficient (Wildman–Crippen LogP) is 1.98. The number of sulfonamides is 1. The van der Waals surface area contributed by atoms with Crippen molar-refractivity contribution in [3.8, 4) is 0 Å². The van der Waals surface area contributed by atoms with Crippen LogP contribution >= 0.6 is 11.3 Å². The summed E-state index contributed by atoms with van der Waals surface area (Å²) in [6.45, 7) is 6.17. The van der Waals surface area contributed by atoms with Gasteiger partial charge in [0.25, 0.3) is 0 Å². The summed E-state index contributed by atoms with van der Waals surface area (Å²) >= 11 is 1.31. The summed E-state index contributed by atoms with van der Waals surface area (Å²) in [7, 11) is -2.00. The molecule has 7 heteroatoms. The summed E-state index contributed by atoms with van der Waals surface area (Å²) in [5, 5.41) is 9.16. The van der Waals surface area contributed by atoms with E-state index in [-0.39, 0.29) is 12.6 Å². The maximum absolute atomic E-state index is 12.8. The van der Waals surface area contributed by atoms with Crippen molar-refractivity contribution in [3.05, 3.63) is 15.8 Å². The van der Waals surface area contributed by atoms with Crippen molar-refractivity contribution in [2.24, 2.45) is 0 Å². The highest BCUT2D eigenvalue weighted by Crippen LogP contribution is 2.29. The van der Waals surface area contributed by atoms with Gasteiger partial charge >= 0.3 is 0 Å². The van der Waals surface area contributed by atoms with E-state index in [0.717, 1.165) is 6.42 Å². The molecule has 0 radical (unpaired) electrons. The lowest BCUT2D eigenvalue weighted by atomic mass is 10.3. The van der Waals surface area contributed by atoms with E-state index in [1.165, 1.54) is 15.6 Å². The number of rotatable bonds is 8. The summed E-state index contributed by atoms with van der Waals surface area (Å²) in [6, 6.07) is 1.48. The summed E-state index contributed by atoms with van der Waals surface area (Å²) in [4.78, 5) is 1.67. The molecule has 0 aliphatic carbocycles. The molecule has 0 aromatic carbocycles. The molecule has 1 rings (SSSR count). The molecule has 116 valence electrons. The van der Waals surface area contributed by atoms with E-state index in [4.69, 9.17) is 9.84 Å². The Kier molecular flexibility index (Phi) is 6.60. The molecule has 1 heterocycles. The van der Waals surface area contributed by atoms with Crippen LogP contribution in [0.25, 0.3) is 0 Å². The molecule has 20 heavy (non-hydrogen) atoms. The second kappa shape index (κ2) is 7.51. The highest BCUT2D eigenvalue weighted by atomic mass is 32.2. The smallest absolute Gasteiger partial charge is 0.244 e. The number of aryl methyl sites for hydroxylation is 1. The quantitative estimate of drug-likeness (QED) is 0.795. The predicted molar refractivity (Wildman–Crippen MR) is 80.5 cm³/mol. The summed E-state index contributed by atoms with van der Waals surface area (Å²) in [5.74, 6) is 0. The molecule has 0 saturated heterocycles. The van der Waals surface area contributed by atoms with Gasteiger partial charge < -0.3 is 9.84 Å². The Morgan fingerprint density at radius 2 is 2.15 bits per heavy atom. The fraction of sp³-hybridized carbons (Fsp3) is 0.692. The number of ether oxygens (including phenoxy) is 1. The highest BCUT2D eigenvalue weighted by Gasteiger charge is 2.30. The zero-order valence-electron chi connectivity index (χ0n) is 12.4. The van der Waals surface area contributed by atoms with Gasteiger partial charge in [0.15, 0.2) is 0 Å². The summed E-state index contributed by atoms with van der Waals surface area (Å²) in [6.07, 6.45) is 0.735. The normalized spacial score (nSPS) is 13.9. The molecule has 1 atom stereocenters. The van der Waals surface area contributed by atoms with Gasteiger partial charge in [-0.1, -0.05) is 6.92 Å². The van der Waals surface area contributed by atoms with Crippen molar-refractivity contribution in [1.82, 2.24) is 4.31 Å². The number of hydrogen-bond donors (Lipinski definition) is 1. The average molecular weight is 321 g/mol. The lowest BCUT2D eigenvalue weighted by Gasteiger charge is -2.27. The molecule has 1 unspecified atom stereocenters. The minimum atomic E-state index is -3.55. The fourth-order valence-electron chi connectivity index (χ4n) is 1.95. The van der Waals surface area contributed by atoms with Crippen molar-refractivity contribution in [1.29, 1.82) is 0 Å². The first-order valence-corrected chi connectivity index (χ1v) is 8.85. The molecule has 0 aliphatic rings. The average Bonchev–Trinajstić information content (AvgIpc) is 2.80. The molecule has 0 aliphatic heterocycles. The lowest BCUT2D eigenvalue weighted by molar-refractivity contribution is 0.167. The van der Waals surface area contributed by atoms with Crippen LogP contribution in [0.5, 0.6) is 0 Å². The maximum atomic E-state index is 12.8. The molecule has 5 nitrogen and oxygen atoms in total. The highest BCUT2D eigenvalue weighted by molar-refractivity contribution is 7.89. The Hall–Kier alpha value is -0.470. The molecule has 1 aromatic heterocycles. The molecule has 0 fully saturated rings. The Labute approximate surface area is 125 Å². The van der Waals surface area contributed by atoms with Crippen LogP contribution in [0, 0.1) is 6.92 Å². The second-order valence-corrected chi connectivity index (χ2v) is 7.86. The minimum absolute atomic E-state index is 0.0907.